The second kappa shape index (κ2) is 4.71. The lowest BCUT2D eigenvalue weighted by molar-refractivity contribution is -0.141. The molecule has 0 radical (unpaired) electrons. The van der Waals surface area contributed by atoms with Crippen LogP contribution in [0.1, 0.15) is 16.1 Å². The number of hydrogen-bond acceptors (Lipinski definition) is 3. The van der Waals surface area contributed by atoms with Crippen molar-refractivity contribution in [2.75, 3.05) is 5.32 Å². The van der Waals surface area contributed by atoms with Crippen LogP contribution in [0.2, 0.25) is 0 Å². The highest BCUT2D eigenvalue weighted by atomic mass is 19.4. The van der Waals surface area contributed by atoms with Gasteiger partial charge < -0.3 is 5.32 Å². The number of carbonyl (C=O) groups excluding carboxylic acids is 1. The smallest absolute Gasteiger partial charge is 0.305 e. The lowest BCUT2D eigenvalue weighted by Crippen LogP contribution is -2.14. The van der Waals surface area contributed by atoms with E-state index in [1.165, 1.54) is 4.68 Å². The summed E-state index contributed by atoms with van der Waals surface area (Å²) < 4.78 is 38.4. The average Bonchev–Trinajstić information content (AvgIpc) is 2.74. The summed E-state index contributed by atoms with van der Waals surface area (Å²) in [7, 11) is 1.68. The van der Waals surface area contributed by atoms with E-state index in [1.807, 2.05) is 0 Å². The number of nitrogens with one attached hydrogen (secondary N) is 1. The summed E-state index contributed by atoms with van der Waals surface area (Å²) in [5, 5.41) is 6.36. The topological polar surface area (TPSA) is 59.8 Å². The normalized spacial score (nSPS) is 11.4. The Bertz CT molecular complexity index is 589. The van der Waals surface area contributed by atoms with Crippen LogP contribution in [-0.4, -0.2) is 20.7 Å². The third kappa shape index (κ3) is 3.09. The first kappa shape index (κ1) is 13.1. The first-order valence-corrected chi connectivity index (χ1v) is 5.20. The number of alkyl halides is 3. The number of pyridine rings is 1. The van der Waals surface area contributed by atoms with Gasteiger partial charge in [-0.3, -0.25) is 14.5 Å². The second-order valence-electron chi connectivity index (χ2n) is 3.76. The maximum absolute atomic E-state index is 12.3. The molecule has 0 aliphatic carbocycles. The van der Waals surface area contributed by atoms with Crippen LogP contribution in [0.15, 0.2) is 30.6 Å². The number of rotatable bonds is 2. The zero-order valence-electron chi connectivity index (χ0n) is 9.77. The van der Waals surface area contributed by atoms with Crippen molar-refractivity contribution in [1.29, 1.82) is 0 Å². The van der Waals surface area contributed by atoms with Gasteiger partial charge in [-0.15, -0.1) is 0 Å². The maximum Gasteiger partial charge on any atom is 0.433 e. The van der Waals surface area contributed by atoms with Crippen LogP contribution >= 0.6 is 0 Å². The van der Waals surface area contributed by atoms with E-state index in [4.69, 9.17) is 0 Å². The minimum absolute atomic E-state index is 0.0265. The van der Waals surface area contributed by atoms with Crippen LogP contribution in [0, 0.1) is 0 Å². The Labute approximate surface area is 106 Å². The molecule has 0 spiro atoms. The number of aryl methyl sites for hydroxylation is 1. The zero-order valence-corrected chi connectivity index (χ0v) is 9.77. The van der Waals surface area contributed by atoms with Crippen LogP contribution in [-0.2, 0) is 13.2 Å². The molecule has 0 atom stereocenters. The van der Waals surface area contributed by atoms with Crippen molar-refractivity contribution < 1.29 is 18.0 Å². The van der Waals surface area contributed by atoms with Crippen LogP contribution in [0.5, 0.6) is 0 Å². The van der Waals surface area contributed by atoms with E-state index < -0.39 is 17.8 Å². The van der Waals surface area contributed by atoms with Crippen molar-refractivity contribution in [3.05, 3.63) is 41.9 Å². The quantitative estimate of drug-likeness (QED) is 0.909. The number of anilines is 1. The Morgan fingerprint density at radius 1 is 1.32 bits per heavy atom. The van der Waals surface area contributed by atoms with Gasteiger partial charge in [0.05, 0.1) is 5.56 Å². The predicted octanol–water partition coefficient (Wildman–Crippen LogP) is 2.09. The molecular formula is C11H9F3N4O. The van der Waals surface area contributed by atoms with Crippen LogP contribution in [0.4, 0.5) is 19.0 Å². The second-order valence-corrected chi connectivity index (χ2v) is 3.76. The van der Waals surface area contributed by atoms with Gasteiger partial charge in [0.25, 0.3) is 5.91 Å². The largest absolute Gasteiger partial charge is 0.433 e. The zero-order chi connectivity index (χ0) is 14.0. The molecular weight excluding hydrogens is 261 g/mol. The molecule has 2 rings (SSSR count). The highest BCUT2D eigenvalue weighted by Gasteiger charge is 2.32. The Morgan fingerprint density at radius 3 is 2.53 bits per heavy atom. The summed E-state index contributed by atoms with van der Waals surface area (Å²) in [5.74, 6) is -0.257. The third-order valence-corrected chi connectivity index (χ3v) is 2.27. The van der Waals surface area contributed by atoms with Gasteiger partial charge in [0, 0.05) is 25.5 Å². The maximum atomic E-state index is 12.3. The van der Waals surface area contributed by atoms with Gasteiger partial charge in [0.1, 0.15) is 5.69 Å². The number of amides is 1. The van der Waals surface area contributed by atoms with Gasteiger partial charge >= 0.3 is 6.18 Å². The van der Waals surface area contributed by atoms with Gasteiger partial charge in [0.2, 0.25) is 0 Å². The van der Waals surface area contributed by atoms with E-state index in [9.17, 15) is 18.0 Å². The Kier molecular flexibility index (Phi) is 3.24. The standard InChI is InChI=1S/C11H9F3N4O/c1-18-5-4-9(17-18)16-10(19)7-2-3-8(15-6-7)11(12,13)14/h2-6H,1H3,(H,16,17,19). The molecule has 5 nitrogen and oxygen atoms in total. The Balaban J connectivity index is 2.12. The molecule has 0 aliphatic rings. The van der Waals surface area contributed by atoms with E-state index in [0.29, 0.717) is 5.82 Å². The van der Waals surface area contributed by atoms with Crippen molar-refractivity contribution in [1.82, 2.24) is 14.8 Å². The summed E-state index contributed by atoms with van der Waals surface area (Å²) in [6, 6.07) is 3.39. The van der Waals surface area contributed by atoms with E-state index in [-0.39, 0.29) is 5.56 Å². The van der Waals surface area contributed by atoms with Gasteiger partial charge in [-0.2, -0.15) is 18.3 Å². The fourth-order valence-electron chi connectivity index (χ4n) is 1.37. The molecule has 19 heavy (non-hydrogen) atoms. The number of hydrogen-bond donors (Lipinski definition) is 1. The molecule has 8 heteroatoms. The SMILES string of the molecule is Cn1ccc(NC(=O)c2ccc(C(F)(F)F)nc2)n1. The monoisotopic (exact) mass is 270 g/mol. The first-order chi connectivity index (χ1) is 8.86. The van der Waals surface area contributed by atoms with Crippen molar-refractivity contribution in [2.45, 2.75) is 6.18 Å². The van der Waals surface area contributed by atoms with Gasteiger partial charge in [-0.1, -0.05) is 0 Å². The van der Waals surface area contributed by atoms with Crippen LogP contribution in [0.3, 0.4) is 0 Å². The molecule has 1 amide bonds. The molecule has 0 saturated carbocycles. The highest BCUT2D eigenvalue weighted by Crippen LogP contribution is 2.27. The average molecular weight is 270 g/mol. The molecule has 100 valence electrons. The van der Waals surface area contributed by atoms with Crippen LogP contribution in [0.25, 0.3) is 0 Å². The molecule has 1 N–H and O–H groups in total. The molecule has 0 unspecified atom stereocenters. The Morgan fingerprint density at radius 2 is 2.05 bits per heavy atom. The first-order valence-electron chi connectivity index (χ1n) is 5.20. The van der Waals surface area contributed by atoms with Crippen LogP contribution < -0.4 is 5.32 Å². The number of carbonyl (C=O) groups is 1. The minimum Gasteiger partial charge on any atom is -0.305 e. The van der Waals surface area contributed by atoms with E-state index in [1.54, 1.807) is 19.3 Å². The summed E-state index contributed by atoms with van der Waals surface area (Å²) in [5.41, 5.74) is -1.01. The molecule has 2 heterocycles. The lowest BCUT2D eigenvalue weighted by atomic mass is 10.2. The molecule has 2 aromatic heterocycles. The molecule has 0 aromatic carbocycles. The molecule has 0 fully saturated rings. The fourth-order valence-corrected chi connectivity index (χ4v) is 1.37. The summed E-state index contributed by atoms with van der Waals surface area (Å²) in [6.07, 6.45) is -2.02. The van der Waals surface area contributed by atoms with Crippen molar-refractivity contribution in [3.63, 3.8) is 0 Å². The van der Waals surface area contributed by atoms with Crippen molar-refractivity contribution in [3.8, 4) is 0 Å². The Hall–Kier alpha value is -2.38. The molecule has 0 saturated heterocycles. The summed E-state index contributed by atoms with van der Waals surface area (Å²) >= 11 is 0. The highest BCUT2D eigenvalue weighted by molar-refractivity contribution is 6.03. The minimum atomic E-state index is -4.52. The number of nitrogens with zero attached hydrogens (tertiary/aromatic N) is 3. The molecule has 0 bridgehead atoms. The fraction of sp³-hybridized carbons (Fsp3) is 0.182. The lowest BCUT2D eigenvalue weighted by Gasteiger charge is -2.06. The summed E-state index contributed by atoms with van der Waals surface area (Å²) in [4.78, 5) is 14.9. The molecule has 0 aliphatic heterocycles. The van der Waals surface area contributed by atoms with E-state index >= 15 is 0 Å². The van der Waals surface area contributed by atoms with Gasteiger partial charge in [-0.25, -0.2) is 0 Å². The summed E-state index contributed by atoms with van der Waals surface area (Å²) in [6.45, 7) is 0. The van der Waals surface area contributed by atoms with E-state index in [2.05, 4.69) is 15.4 Å². The molecule has 2 aromatic rings. The van der Waals surface area contributed by atoms with E-state index in [0.717, 1.165) is 18.3 Å². The van der Waals surface area contributed by atoms with Crippen molar-refractivity contribution >= 4 is 11.7 Å². The van der Waals surface area contributed by atoms with Gasteiger partial charge in [-0.05, 0) is 12.1 Å². The number of halogens is 3. The van der Waals surface area contributed by atoms with Gasteiger partial charge in [0.15, 0.2) is 5.82 Å². The third-order valence-electron chi connectivity index (χ3n) is 2.27. The van der Waals surface area contributed by atoms with Crippen molar-refractivity contribution in [2.24, 2.45) is 7.05 Å². The predicted molar refractivity (Wildman–Crippen MR) is 60.4 cm³/mol. The number of aromatic nitrogens is 3.